The van der Waals surface area contributed by atoms with Gasteiger partial charge in [-0.2, -0.15) is 4.68 Å². The van der Waals surface area contributed by atoms with Crippen molar-refractivity contribution >= 4 is 17.3 Å². The van der Waals surface area contributed by atoms with Crippen LogP contribution in [0.25, 0.3) is 5.13 Å². The van der Waals surface area contributed by atoms with Crippen LogP contribution in [0.1, 0.15) is 54.7 Å². The van der Waals surface area contributed by atoms with Crippen molar-refractivity contribution in [2.45, 2.75) is 44.9 Å². The maximum Gasteiger partial charge on any atom is 0.358 e. The van der Waals surface area contributed by atoms with E-state index in [1.54, 1.807) is 10.9 Å². The van der Waals surface area contributed by atoms with Crippen molar-refractivity contribution in [3.8, 4) is 5.13 Å². The standard InChI is InChI=1S/C14H18N4O2S/c19-13(20)12-11(7-6-10-4-2-1-3-5-10)18(17-16-12)14-15-8-9-21-14/h8-10H,1-7H2,(H,19,20). The van der Waals surface area contributed by atoms with E-state index in [1.165, 1.54) is 43.4 Å². The largest absolute Gasteiger partial charge is 0.476 e. The highest BCUT2D eigenvalue weighted by Gasteiger charge is 2.22. The molecule has 0 bridgehead atoms. The zero-order chi connectivity index (χ0) is 14.7. The molecule has 1 fully saturated rings. The van der Waals surface area contributed by atoms with Crippen molar-refractivity contribution < 1.29 is 9.90 Å². The Morgan fingerprint density at radius 2 is 2.19 bits per heavy atom. The molecule has 0 aromatic carbocycles. The summed E-state index contributed by atoms with van der Waals surface area (Å²) in [4.78, 5) is 15.5. The van der Waals surface area contributed by atoms with Crippen molar-refractivity contribution in [3.05, 3.63) is 23.0 Å². The van der Waals surface area contributed by atoms with Crippen LogP contribution >= 0.6 is 11.3 Å². The smallest absolute Gasteiger partial charge is 0.358 e. The fourth-order valence-corrected chi connectivity index (χ4v) is 3.59. The van der Waals surface area contributed by atoms with Gasteiger partial charge in [-0.3, -0.25) is 0 Å². The van der Waals surface area contributed by atoms with Gasteiger partial charge in [0.05, 0.1) is 5.69 Å². The molecule has 0 radical (unpaired) electrons. The Labute approximate surface area is 126 Å². The van der Waals surface area contributed by atoms with Crippen LogP contribution in [0.4, 0.5) is 0 Å². The van der Waals surface area contributed by atoms with E-state index < -0.39 is 5.97 Å². The molecule has 0 unspecified atom stereocenters. The number of carboxylic acid groups (broad SMARTS) is 1. The minimum absolute atomic E-state index is 0.0565. The van der Waals surface area contributed by atoms with Crippen LogP contribution in [0.3, 0.4) is 0 Å². The van der Waals surface area contributed by atoms with E-state index in [4.69, 9.17) is 0 Å². The number of aromatic nitrogens is 4. The van der Waals surface area contributed by atoms with Crippen molar-refractivity contribution in [3.63, 3.8) is 0 Å². The number of rotatable bonds is 5. The van der Waals surface area contributed by atoms with Gasteiger partial charge in [-0.1, -0.05) is 37.3 Å². The molecule has 7 heteroatoms. The summed E-state index contributed by atoms with van der Waals surface area (Å²) in [5, 5.41) is 19.6. The van der Waals surface area contributed by atoms with Crippen LogP contribution in [-0.4, -0.2) is 31.1 Å². The lowest BCUT2D eigenvalue weighted by Crippen LogP contribution is -2.11. The van der Waals surface area contributed by atoms with Gasteiger partial charge < -0.3 is 5.11 Å². The number of hydrogen-bond donors (Lipinski definition) is 1. The lowest BCUT2D eigenvalue weighted by Gasteiger charge is -2.21. The first-order valence-corrected chi connectivity index (χ1v) is 8.21. The maximum atomic E-state index is 11.3. The monoisotopic (exact) mass is 306 g/mol. The Kier molecular flexibility index (Phi) is 4.28. The van der Waals surface area contributed by atoms with Gasteiger partial charge in [0.25, 0.3) is 0 Å². The highest BCUT2D eigenvalue weighted by atomic mass is 32.1. The van der Waals surface area contributed by atoms with E-state index in [9.17, 15) is 9.90 Å². The van der Waals surface area contributed by atoms with Gasteiger partial charge in [-0.05, 0) is 18.8 Å². The number of thiazole rings is 1. The molecular weight excluding hydrogens is 288 g/mol. The molecule has 0 spiro atoms. The average Bonchev–Trinajstić information content (AvgIpc) is 3.15. The summed E-state index contributed by atoms with van der Waals surface area (Å²) in [5.74, 6) is -0.323. The number of carbonyl (C=O) groups is 1. The molecule has 3 rings (SSSR count). The lowest BCUT2D eigenvalue weighted by atomic mass is 9.85. The second kappa shape index (κ2) is 6.34. The second-order valence-electron chi connectivity index (χ2n) is 5.46. The first-order chi connectivity index (χ1) is 10.3. The van der Waals surface area contributed by atoms with Crippen LogP contribution in [0.5, 0.6) is 0 Å². The lowest BCUT2D eigenvalue weighted by molar-refractivity contribution is 0.0689. The zero-order valence-electron chi connectivity index (χ0n) is 11.7. The minimum Gasteiger partial charge on any atom is -0.476 e. The minimum atomic E-state index is -1.02. The van der Waals surface area contributed by atoms with Gasteiger partial charge in [0, 0.05) is 11.6 Å². The van der Waals surface area contributed by atoms with Crippen molar-refractivity contribution in [2.75, 3.05) is 0 Å². The zero-order valence-corrected chi connectivity index (χ0v) is 12.6. The van der Waals surface area contributed by atoms with Crippen LogP contribution < -0.4 is 0 Å². The molecule has 1 N–H and O–H groups in total. The molecule has 21 heavy (non-hydrogen) atoms. The number of hydrogen-bond acceptors (Lipinski definition) is 5. The molecule has 0 atom stereocenters. The molecule has 0 aliphatic heterocycles. The molecule has 0 saturated heterocycles. The van der Waals surface area contributed by atoms with Crippen LogP contribution in [0, 0.1) is 5.92 Å². The molecule has 1 saturated carbocycles. The van der Waals surface area contributed by atoms with Gasteiger partial charge in [0.15, 0.2) is 5.69 Å². The van der Waals surface area contributed by atoms with Crippen LogP contribution in [0.2, 0.25) is 0 Å². The quantitative estimate of drug-likeness (QED) is 0.918. The summed E-state index contributed by atoms with van der Waals surface area (Å²) >= 11 is 1.43. The third kappa shape index (κ3) is 3.12. The number of nitrogens with zero attached hydrogens (tertiary/aromatic N) is 4. The SMILES string of the molecule is O=C(O)c1nnn(-c2nccs2)c1CCC1CCCCC1. The fourth-order valence-electron chi connectivity index (χ4n) is 2.98. The van der Waals surface area contributed by atoms with E-state index >= 15 is 0 Å². The maximum absolute atomic E-state index is 11.3. The Hall–Kier alpha value is -1.76. The first kappa shape index (κ1) is 14.2. The third-order valence-electron chi connectivity index (χ3n) is 4.08. The molecule has 2 aromatic heterocycles. The van der Waals surface area contributed by atoms with Crippen LogP contribution in [-0.2, 0) is 6.42 Å². The summed E-state index contributed by atoms with van der Waals surface area (Å²) < 4.78 is 1.58. The molecule has 1 aliphatic rings. The molecule has 2 heterocycles. The van der Waals surface area contributed by atoms with Gasteiger partial charge in [0.2, 0.25) is 5.13 Å². The summed E-state index contributed by atoms with van der Waals surface area (Å²) in [6.07, 6.45) is 9.80. The molecule has 1 aliphatic carbocycles. The normalized spacial score (nSPS) is 16.2. The van der Waals surface area contributed by atoms with Crippen molar-refractivity contribution in [2.24, 2.45) is 5.92 Å². The first-order valence-electron chi connectivity index (χ1n) is 7.33. The van der Waals surface area contributed by atoms with E-state index in [-0.39, 0.29) is 5.69 Å². The second-order valence-corrected chi connectivity index (χ2v) is 6.33. The van der Waals surface area contributed by atoms with E-state index in [0.717, 1.165) is 6.42 Å². The summed E-state index contributed by atoms with van der Waals surface area (Å²) in [6, 6.07) is 0. The average molecular weight is 306 g/mol. The topological polar surface area (TPSA) is 80.9 Å². The Morgan fingerprint density at radius 3 is 2.86 bits per heavy atom. The molecule has 112 valence electrons. The summed E-state index contributed by atoms with van der Waals surface area (Å²) in [7, 11) is 0. The van der Waals surface area contributed by atoms with Gasteiger partial charge in [0.1, 0.15) is 0 Å². The molecule has 6 nitrogen and oxygen atoms in total. The third-order valence-corrected chi connectivity index (χ3v) is 4.83. The number of aromatic carboxylic acids is 1. The Bertz CT molecular complexity index is 603. The summed E-state index contributed by atoms with van der Waals surface area (Å²) in [6.45, 7) is 0. The molecular formula is C14H18N4O2S. The Balaban J connectivity index is 1.81. The van der Waals surface area contributed by atoms with Crippen molar-refractivity contribution in [1.82, 2.24) is 20.0 Å². The van der Waals surface area contributed by atoms with E-state index in [1.807, 2.05) is 5.38 Å². The van der Waals surface area contributed by atoms with E-state index in [0.29, 0.717) is 23.2 Å². The fraction of sp³-hybridized carbons (Fsp3) is 0.571. The van der Waals surface area contributed by atoms with Crippen molar-refractivity contribution in [1.29, 1.82) is 0 Å². The molecule has 2 aromatic rings. The van der Waals surface area contributed by atoms with Gasteiger partial charge in [-0.15, -0.1) is 16.4 Å². The van der Waals surface area contributed by atoms with Gasteiger partial charge >= 0.3 is 5.97 Å². The van der Waals surface area contributed by atoms with Crippen LogP contribution in [0.15, 0.2) is 11.6 Å². The van der Waals surface area contributed by atoms with Gasteiger partial charge in [-0.25, -0.2) is 9.78 Å². The summed E-state index contributed by atoms with van der Waals surface area (Å²) in [5.41, 5.74) is 0.726. The highest BCUT2D eigenvalue weighted by molar-refractivity contribution is 7.12. The number of carboxylic acids is 1. The predicted octanol–water partition coefficient (Wildman–Crippen LogP) is 2.93. The highest BCUT2D eigenvalue weighted by Crippen LogP contribution is 2.28. The van der Waals surface area contributed by atoms with E-state index in [2.05, 4.69) is 15.3 Å². The predicted molar refractivity (Wildman–Crippen MR) is 78.9 cm³/mol. The Morgan fingerprint density at radius 1 is 1.38 bits per heavy atom. The molecule has 0 amide bonds.